The number of nitrogens with zero attached hydrogens (tertiary/aromatic N) is 3. The molecule has 7 nitrogen and oxygen atoms in total. The molecule has 0 saturated heterocycles. The van der Waals surface area contributed by atoms with Gasteiger partial charge in [-0.15, -0.1) is 0 Å². The summed E-state index contributed by atoms with van der Waals surface area (Å²) in [7, 11) is 0. The van der Waals surface area contributed by atoms with Crippen molar-refractivity contribution >= 4 is 11.9 Å². The van der Waals surface area contributed by atoms with Gasteiger partial charge >= 0.3 is 6.01 Å². The van der Waals surface area contributed by atoms with Crippen molar-refractivity contribution in [2.45, 2.75) is 27.2 Å². The molecule has 0 aliphatic carbocycles. The molecule has 0 atom stereocenters. The lowest BCUT2D eigenvalue weighted by Crippen LogP contribution is -2.14. The fourth-order valence-corrected chi connectivity index (χ4v) is 1.31. The average Bonchev–Trinajstić information content (AvgIpc) is 2.42. The van der Waals surface area contributed by atoms with Crippen LogP contribution in [0.25, 0.3) is 0 Å². The summed E-state index contributed by atoms with van der Waals surface area (Å²) in [6.07, 6.45) is 0.912. The molecule has 0 fully saturated rings. The third-order valence-corrected chi connectivity index (χ3v) is 2.12. The van der Waals surface area contributed by atoms with Crippen LogP contribution in [0.3, 0.4) is 0 Å². The Kier molecular flexibility index (Phi) is 7.57. The Bertz CT molecular complexity index is 362. The van der Waals surface area contributed by atoms with E-state index in [9.17, 15) is 0 Å². The molecule has 1 aromatic heterocycles. The first-order chi connectivity index (χ1) is 9.30. The Morgan fingerprint density at radius 3 is 2.32 bits per heavy atom. The quantitative estimate of drug-likeness (QED) is 0.623. The van der Waals surface area contributed by atoms with Gasteiger partial charge in [0.1, 0.15) is 0 Å². The number of nitrogens with one attached hydrogen (secondary N) is 2. The Balaban J connectivity index is 2.63. The van der Waals surface area contributed by atoms with E-state index >= 15 is 0 Å². The van der Waals surface area contributed by atoms with Crippen LogP contribution in [0.5, 0.6) is 6.01 Å². The maximum Gasteiger partial charge on any atom is 0.323 e. The van der Waals surface area contributed by atoms with Crippen molar-refractivity contribution < 1.29 is 9.47 Å². The van der Waals surface area contributed by atoms with E-state index in [1.807, 2.05) is 20.8 Å². The van der Waals surface area contributed by atoms with E-state index in [0.717, 1.165) is 13.0 Å². The predicted molar refractivity (Wildman–Crippen MR) is 74.8 cm³/mol. The summed E-state index contributed by atoms with van der Waals surface area (Å²) >= 11 is 0. The van der Waals surface area contributed by atoms with Crippen LogP contribution in [0.15, 0.2) is 0 Å². The molecule has 0 unspecified atom stereocenters. The molecule has 0 radical (unpaired) electrons. The van der Waals surface area contributed by atoms with Gasteiger partial charge in [0, 0.05) is 19.7 Å². The zero-order valence-electron chi connectivity index (χ0n) is 11.9. The number of rotatable bonds is 10. The molecule has 7 heteroatoms. The molecule has 0 spiro atoms. The van der Waals surface area contributed by atoms with Crippen molar-refractivity contribution in [2.75, 3.05) is 43.5 Å². The second-order valence-electron chi connectivity index (χ2n) is 3.77. The summed E-state index contributed by atoms with van der Waals surface area (Å²) in [6.45, 7) is 9.28. The molecule has 0 aliphatic rings. The van der Waals surface area contributed by atoms with E-state index in [2.05, 4.69) is 25.6 Å². The second-order valence-corrected chi connectivity index (χ2v) is 3.77. The summed E-state index contributed by atoms with van der Waals surface area (Å²) in [4.78, 5) is 12.6. The maximum atomic E-state index is 5.44. The standard InChI is InChI=1S/C12H23N5O2/c1-4-8-19-12-16-10(13-5-2)15-11(17-12)14-7-9-18-6-3/h4-9H2,1-3H3,(H2,13,14,15,16,17). The first-order valence-corrected chi connectivity index (χ1v) is 6.74. The van der Waals surface area contributed by atoms with Gasteiger partial charge in [0.05, 0.1) is 13.2 Å². The monoisotopic (exact) mass is 269 g/mol. The smallest absolute Gasteiger partial charge is 0.323 e. The highest BCUT2D eigenvalue weighted by atomic mass is 16.5. The van der Waals surface area contributed by atoms with Gasteiger partial charge in [-0.1, -0.05) is 6.92 Å². The predicted octanol–water partition coefficient (Wildman–Crippen LogP) is 1.54. The van der Waals surface area contributed by atoms with Gasteiger partial charge in [0.2, 0.25) is 11.9 Å². The highest BCUT2D eigenvalue weighted by Crippen LogP contribution is 2.11. The molecular weight excluding hydrogens is 246 g/mol. The molecule has 0 aliphatic heterocycles. The molecule has 108 valence electrons. The van der Waals surface area contributed by atoms with E-state index in [-0.39, 0.29) is 0 Å². The van der Waals surface area contributed by atoms with Gasteiger partial charge < -0.3 is 20.1 Å². The van der Waals surface area contributed by atoms with Crippen LogP contribution in [-0.2, 0) is 4.74 Å². The molecule has 0 aromatic carbocycles. The van der Waals surface area contributed by atoms with Gasteiger partial charge in [0.25, 0.3) is 0 Å². The first-order valence-electron chi connectivity index (χ1n) is 6.74. The minimum absolute atomic E-state index is 0.340. The van der Waals surface area contributed by atoms with E-state index in [1.165, 1.54) is 0 Å². The molecule has 2 N–H and O–H groups in total. The fourth-order valence-electron chi connectivity index (χ4n) is 1.31. The summed E-state index contributed by atoms with van der Waals surface area (Å²) in [5, 5.41) is 6.14. The topological polar surface area (TPSA) is 81.2 Å². The Morgan fingerprint density at radius 2 is 1.68 bits per heavy atom. The van der Waals surface area contributed by atoms with Crippen molar-refractivity contribution in [3.63, 3.8) is 0 Å². The summed E-state index contributed by atoms with van der Waals surface area (Å²) < 4.78 is 10.7. The third kappa shape index (κ3) is 6.19. The van der Waals surface area contributed by atoms with Crippen LogP contribution in [0.1, 0.15) is 27.2 Å². The van der Waals surface area contributed by atoms with Gasteiger partial charge in [-0.2, -0.15) is 15.0 Å². The van der Waals surface area contributed by atoms with Gasteiger partial charge in [0.15, 0.2) is 0 Å². The van der Waals surface area contributed by atoms with Crippen molar-refractivity contribution in [3.8, 4) is 6.01 Å². The summed E-state index contributed by atoms with van der Waals surface area (Å²) in [6, 6.07) is 0.340. The molecule has 1 heterocycles. The Hall–Kier alpha value is -1.63. The minimum atomic E-state index is 0.340. The molecule has 0 bridgehead atoms. The highest BCUT2D eigenvalue weighted by molar-refractivity contribution is 5.35. The van der Waals surface area contributed by atoms with E-state index in [4.69, 9.17) is 9.47 Å². The van der Waals surface area contributed by atoms with Crippen molar-refractivity contribution in [1.82, 2.24) is 15.0 Å². The number of ether oxygens (including phenoxy) is 2. The second kappa shape index (κ2) is 9.32. The number of hydrogen-bond acceptors (Lipinski definition) is 7. The van der Waals surface area contributed by atoms with Crippen molar-refractivity contribution in [2.24, 2.45) is 0 Å². The largest absolute Gasteiger partial charge is 0.463 e. The highest BCUT2D eigenvalue weighted by Gasteiger charge is 2.06. The molecule has 19 heavy (non-hydrogen) atoms. The number of anilines is 2. The zero-order chi connectivity index (χ0) is 13.9. The van der Waals surface area contributed by atoms with Crippen molar-refractivity contribution in [1.29, 1.82) is 0 Å². The van der Waals surface area contributed by atoms with Gasteiger partial charge in [-0.25, -0.2) is 0 Å². The number of aromatic nitrogens is 3. The third-order valence-electron chi connectivity index (χ3n) is 2.12. The van der Waals surface area contributed by atoms with Crippen LogP contribution in [0, 0.1) is 0 Å². The maximum absolute atomic E-state index is 5.44. The normalized spacial score (nSPS) is 10.3. The van der Waals surface area contributed by atoms with E-state index in [1.54, 1.807) is 0 Å². The fraction of sp³-hybridized carbons (Fsp3) is 0.750. The molecule has 0 amide bonds. The van der Waals surface area contributed by atoms with Gasteiger partial charge in [-0.05, 0) is 20.3 Å². The van der Waals surface area contributed by atoms with Crippen LogP contribution in [-0.4, -0.2) is 47.9 Å². The Labute approximate surface area is 114 Å². The van der Waals surface area contributed by atoms with E-state index in [0.29, 0.717) is 44.3 Å². The lowest BCUT2D eigenvalue weighted by atomic mass is 10.5. The van der Waals surface area contributed by atoms with Crippen LogP contribution in [0.4, 0.5) is 11.9 Å². The zero-order valence-corrected chi connectivity index (χ0v) is 11.9. The van der Waals surface area contributed by atoms with Gasteiger partial charge in [-0.3, -0.25) is 0 Å². The Morgan fingerprint density at radius 1 is 0.947 bits per heavy atom. The first kappa shape index (κ1) is 15.4. The number of hydrogen-bond donors (Lipinski definition) is 2. The summed E-state index contributed by atoms with van der Waals surface area (Å²) in [5.74, 6) is 1.01. The van der Waals surface area contributed by atoms with Crippen LogP contribution in [0.2, 0.25) is 0 Å². The molecule has 1 rings (SSSR count). The van der Waals surface area contributed by atoms with Crippen molar-refractivity contribution in [3.05, 3.63) is 0 Å². The SMILES string of the molecule is CCCOc1nc(NCC)nc(NCCOCC)n1. The van der Waals surface area contributed by atoms with E-state index < -0.39 is 0 Å². The molecule has 1 aromatic rings. The molecule has 0 saturated carbocycles. The summed E-state index contributed by atoms with van der Waals surface area (Å²) in [5.41, 5.74) is 0. The lowest BCUT2D eigenvalue weighted by Gasteiger charge is -2.09. The minimum Gasteiger partial charge on any atom is -0.463 e. The lowest BCUT2D eigenvalue weighted by molar-refractivity contribution is 0.158. The van der Waals surface area contributed by atoms with Crippen LogP contribution >= 0.6 is 0 Å². The average molecular weight is 269 g/mol. The molecular formula is C12H23N5O2. The van der Waals surface area contributed by atoms with Crippen LogP contribution < -0.4 is 15.4 Å².